The Morgan fingerprint density at radius 3 is 2.43 bits per heavy atom. The second-order valence-electron chi connectivity index (χ2n) is 12.7. The molecule has 5 rings (SSSR count). The number of benzene rings is 1. The molecule has 0 atom stereocenters. The highest BCUT2D eigenvalue weighted by Gasteiger charge is 2.27. The number of thiophene rings is 1. The van der Waals surface area contributed by atoms with E-state index in [2.05, 4.69) is 55.4 Å². The van der Waals surface area contributed by atoms with E-state index >= 15 is 0 Å². The van der Waals surface area contributed by atoms with Gasteiger partial charge in [0.25, 0.3) is 0 Å². The molecule has 1 fully saturated rings. The Hall–Kier alpha value is -4.24. The van der Waals surface area contributed by atoms with Gasteiger partial charge >= 0.3 is 12.1 Å². The summed E-state index contributed by atoms with van der Waals surface area (Å²) in [6.07, 6.45) is 8.17. The number of aryl methyl sites for hydroxylation is 2. The highest BCUT2D eigenvalue weighted by atomic mass is 32.1. The zero-order chi connectivity index (χ0) is 33.0. The molecule has 242 valence electrons. The third kappa shape index (κ3) is 7.58. The number of carbonyl (C=O) groups excluding carboxylic acids is 2. The van der Waals surface area contributed by atoms with Crippen molar-refractivity contribution in [2.75, 3.05) is 19.7 Å². The molecule has 0 N–H and O–H groups in total. The molecule has 4 aromatic rings. The third-order valence-electron chi connectivity index (χ3n) is 8.12. The summed E-state index contributed by atoms with van der Waals surface area (Å²) in [6, 6.07) is 14.8. The van der Waals surface area contributed by atoms with Gasteiger partial charge in [0.05, 0.1) is 29.1 Å². The lowest BCUT2D eigenvalue weighted by atomic mass is 9.88. The van der Waals surface area contributed by atoms with E-state index in [-0.39, 0.29) is 12.1 Å². The first kappa shape index (κ1) is 33.1. The number of likely N-dealkylation sites (tertiary alicyclic amines) is 1. The SMILES string of the molecule is CCOC(=O)c1cnn(-c2cccc(-c3sc(C)cc3/C=C/c3ccc(C4CCN(C(=O)OC(C)(C)C)CC4)cc3C)n2)c1CC. The van der Waals surface area contributed by atoms with Gasteiger partial charge in [-0.25, -0.2) is 19.3 Å². The highest BCUT2D eigenvalue weighted by molar-refractivity contribution is 7.15. The molecule has 46 heavy (non-hydrogen) atoms. The molecule has 0 saturated carbocycles. The van der Waals surface area contributed by atoms with Crippen LogP contribution in [0.1, 0.15) is 96.6 Å². The lowest BCUT2D eigenvalue weighted by Gasteiger charge is -2.33. The maximum absolute atomic E-state index is 12.5. The van der Waals surface area contributed by atoms with E-state index in [9.17, 15) is 9.59 Å². The zero-order valence-corrected chi connectivity index (χ0v) is 28.7. The first-order valence-corrected chi connectivity index (χ1v) is 16.9. The number of piperidine rings is 1. The van der Waals surface area contributed by atoms with Crippen LogP contribution in [0.2, 0.25) is 0 Å². The van der Waals surface area contributed by atoms with Gasteiger partial charge in [-0.15, -0.1) is 11.3 Å². The fourth-order valence-electron chi connectivity index (χ4n) is 5.86. The Kier molecular flexibility index (Phi) is 10.1. The van der Waals surface area contributed by atoms with Gasteiger partial charge in [-0.1, -0.05) is 43.3 Å². The largest absolute Gasteiger partial charge is 0.462 e. The summed E-state index contributed by atoms with van der Waals surface area (Å²) >= 11 is 1.71. The van der Waals surface area contributed by atoms with Crippen LogP contribution >= 0.6 is 11.3 Å². The van der Waals surface area contributed by atoms with Crippen molar-refractivity contribution < 1.29 is 19.1 Å². The Morgan fingerprint density at radius 1 is 1.02 bits per heavy atom. The number of hydrogen-bond donors (Lipinski definition) is 0. The third-order valence-corrected chi connectivity index (χ3v) is 9.21. The maximum atomic E-state index is 12.5. The van der Waals surface area contributed by atoms with E-state index in [1.807, 2.05) is 50.8 Å². The second-order valence-corrected chi connectivity index (χ2v) is 14.0. The average molecular weight is 641 g/mol. The fourth-order valence-corrected chi connectivity index (χ4v) is 6.83. The van der Waals surface area contributed by atoms with Crippen LogP contribution in [0, 0.1) is 13.8 Å². The minimum atomic E-state index is -0.479. The highest BCUT2D eigenvalue weighted by Crippen LogP contribution is 2.34. The fraction of sp³-hybridized carbons (Fsp3) is 0.405. The van der Waals surface area contributed by atoms with Crippen molar-refractivity contribution in [3.63, 3.8) is 0 Å². The van der Waals surface area contributed by atoms with E-state index < -0.39 is 5.60 Å². The smallest absolute Gasteiger partial charge is 0.410 e. The van der Waals surface area contributed by atoms with E-state index in [1.165, 1.54) is 21.6 Å². The molecule has 1 saturated heterocycles. The molecule has 4 heterocycles. The second kappa shape index (κ2) is 14.0. The summed E-state index contributed by atoms with van der Waals surface area (Å²) in [4.78, 5) is 34.0. The molecule has 3 aromatic heterocycles. The van der Waals surface area contributed by atoms with Crippen LogP contribution in [0.5, 0.6) is 0 Å². The van der Waals surface area contributed by atoms with Crippen molar-refractivity contribution in [2.45, 2.75) is 79.2 Å². The molecular weight excluding hydrogens is 596 g/mol. The molecule has 0 bridgehead atoms. The minimum Gasteiger partial charge on any atom is -0.462 e. The predicted molar refractivity (Wildman–Crippen MR) is 185 cm³/mol. The molecule has 0 spiro atoms. The van der Waals surface area contributed by atoms with Crippen LogP contribution in [0.3, 0.4) is 0 Å². The van der Waals surface area contributed by atoms with Gasteiger partial charge in [0.2, 0.25) is 0 Å². The zero-order valence-electron chi connectivity index (χ0n) is 27.9. The topological polar surface area (TPSA) is 86.6 Å². The van der Waals surface area contributed by atoms with E-state index in [4.69, 9.17) is 14.5 Å². The van der Waals surface area contributed by atoms with Crippen LogP contribution in [-0.4, -0.2) is 57.0 Å². The van der Waals surface area contributed by atoms with Crippen molar-refractivity contribution in [2.24, 2.45) is 0 Å². The normalized spacial score (nSPS) is 14.2. The lowest BCUT2D eigenvalue weighted by molar-refractivity contribution is 0.0204. The molecule has 1 aliphatic rings. The van der Waals surface area contributed by atoms with Crippen molar-refractivity contribution in [3.05, 3.63) is 87.0 Å². The van der Waals surface area contributed by atoms with Crippen molar-refractivity contribution >= 4 is 35.6 Å². The number of rotatable bonds is 8. The first-order valence-electron chi connectivity index (χ1n) is 16.1. The van der Waals surface area contributed by atoms with E-state index in [0.717, 1.165) is 34.7 Å². The molecule has 9 heteroatoms. The van der Waals surface area contributed by atoms with Crippen LogP contribution in [0.4, 0.5) is 4.79 Å². The summed E-state index contributed by atoms with van der Waals surface area (Å²) in [6.45, 7) is 15.5. The van der Waals surface area contributed by atoms with E-state index in [1.54, 1.807) is 29.1 Å². The van der Waals surface area contributed by atoms with Gasteiger partial charge in [-0.05, 0) is 107 Å². The van der Waals surface area contributed by atoms with Gasteiger partial charge in [0.15, 0.2) is 5.82 Å². The van der Waals surface area contributed by atoms with Crippen molar-refractivity contribution in [1.82, 2.24) is 19.7 Å². The quantitative estimate of drug-likeness (QED) is 0.179. The Bertz CT molecular complexity index is 1740. The van der Waals surface area contributed by atoms with Crippen LogP contribution in [0.25, 0.3) is 28.5 Å². The summed E-state index contributed by atoms with van der Waals surface area (Å²) in [5.74, 6) is 0.723. The average Bonchev–Trinajstić information content (AvgIpc) is 3.63. The van der Waals surface area contributed by atoms with Crippen molar-refractivity contribution in [1.29, 1.82) is 0 Å². The van der Waals surface area contributed by atoms with E-state index in [0.29, 0.717) is 43.4 Å². The predicted octanol–water partition coefficient (Wildman–Crippen LogP) is 8.64. The number of nitrogens with zero attached hydrogens (tertiary/aromatic N) is 4. The number of carbonyl (C=O) groups is 2. The molecular formula is C37H44N4O4S. The molecule has 8 nitrogen and oxygen atoms in total. The van der Waals surface area contributed by atoms with Gasteiger partial charge in [0.1, 0.15) is 11.2 Å². The lowest BCUT2D eigenvalue weighted by Crippen LogP contribution is -2.41. The number of aromatic nitrogens is 3. The summed E-state index contributed by atoms with van der Waals surface area (Å²) in [5, 5.41) is 4.49. The molecule has 1 amide bonds. The van der Waals surface area contributed by atoms with Gasteiger partial charge < -0.3 is 14.4 Å². The summed E-state index contributed by atoms with van der Waals surface area (Å²) < 4.78 is 12.5. The van der Waals surface area contributed by atoms with Crippen LogP contribution in [-0.2, 0) is 15.9 Å². The van der Waals surface area contributed by atoms with Crippen molar-refractivity contribution in [3.8, 4) is 16.4 Å². The number of ether oxygens (including phenoxy) is 2. The molecule has 0 aliphatic carbocycles. The standard InChI is InChI=1S/C37H44N4O4S/c1-8-32-30(35(42)44-9-2)23-38-41(32)33-12-10-11-31(39-33)34-29(22-25(4)46-34)16-14-26-13-15-28(21-24(26)3)27-17-19-40(20-18-27)36(43)45-37(5,6)7/h10-16,21-23,27H,8-9,17-20H2,1-7H3/b16-14+. The Morgan fingerprint density at radius 2 is 1.76 bits per heavy atom. The molecule has 1 aromatic carbocycles. The maximum Gasteiger partial charge on any atom is 0.410 e. The van der Waals surface area contributed by atoms with Crippen LogP contribution < -0.4 is 0 Å². The summed E-state index contributed by atoms with van der Waals surface area (Å²) in [5.41, 5.74) is 6.44. The summed E-state index contributed by atoms with van der Waals surface area (Å²) in [7, 11) is 0. The first-order chi connectivity index (χ1) is 22.0. The van der Waals surface area contributed by atoms with Gasteiger partial charge in [-0.3, -0.25) is 0 Å². The number of esters is 1. The Labute approximate surface area is 276 Å². The van der Waals surface area contributed by atoms with Crippen LogP contribution in [0.15, 0.2) is 48.7 Å². The number of pyridine rings is 1. The van der Waals surface area contributed by atoms with Gasteiger partial charge in [0, 0.05) is 18.0 Å². The molecule has 0 unspecified atom stereocenters. The monoisotopic (exact) mass is 640 g/mol. The molecule has 0 radical (unpaired) electrons. The minimum absolute atomic E-state index is 0.220. The number of amides is 1. The molecule has 1 aliphatic heterocycles. The number of hydrogen-bond acceptors (Lipinski definition) is 7. The van der Waals surface area contributed by atoms with Gasteiger partial charge in [-0.2, -0.15) is 5.10 Å². The Balaban J connectivity index is 1.32.